The summed E-state index contributed by atoms with van der Waals surface area (Å²) >= 11 is 1.44. The molecule has 0 fully saturated rings. The topological polar surface area (TPSA) is 66.4 Å². The molecule has 0 aliphatic heterocycles. The van der Waals surface area contributed by atoms with Crippen LogP contribution >= 0.6 is 11.8 Å². The van der Waals surface area contributed by atoms with Crippen LogP contribution in [0.5, 0.6) is 0 Å². The van der Waals surface area contributed by atoms with Crippen molar-refractivity contribution < 1.29 is 13.5 Å². The normalized spacial score (nSPS) is 17.3. The molecule has 0 saturated heterocycles. The average molecular weight is 213 g/mol. The minimum absolute atomic E-state index is 0.0230. The van der Waals surface area contributed by atoms with Gasteiger partial charge < -0.3 is 5.11 Å². The van der Waals surface area contributed by atoms with E-state index in [0.29, 0.717) is 0 Å². The first-order valence-electron chi connectivity index (χ1n) is 3.51. The zero-order valence-corrected chi connectivity index (χ0v) is 9.08. The molecule has 0 aromatic carbocycles. The third-order valence-corrected chi connectivity index (χ3v) is 3.40. The van der Waals surface area contributed by atoms with Gasteiger partial charge in [-0.1, -0.05) is 0 Å². The summed E-state index contributed by atoms with van der Waals surface area (Å²) in [6.07, 6.45) is 2.94. The van der Waals surface area contributed by atoms with Crippen LogP contribution in [0, 0.1) is 0 Å². The fraction of sp³-hybridized carbons (Fsp3) is 1.00. The van der Waals surface area contributed by atoms with Crippen molar-refractivity contribution >= 4 is 21.8 Å². The van der Waals surface area contributed by atoms with E-state index in [-0.39, 0.29) is 17.9 Å². The third-order valence-electron chi connectivity index (χ3n) is 1.44. The van der Waals surface area contributed by atoms with Gasteiger partial charge in [-0.05, 0) is 13.2 Å². The number of aliphatic hydroxyl groups excluding tert-OH is 1. The Morgan fingerprint density at radius 3 is 2.33 bits per heavy atom. The molecule has 4 nitrogen and oxygen atoms in total. The zero-order chi connectivity index (χ0) is 9.78. The molecule has 0 aliphatic carbocycles. The minimum Gasteiger partial charge on any atom is -0.395 e. The Bertz CT molecular complexity index is 211. The van der Waals surface area contributed by atoms with Crippen LogP contribution in [-0.2, 0) is 10.0 Å². The summed E-state index contributed by atoms with van der Waals surface area (Å²) in [6, 6.07) is -0.236. The van der Waals surface area contributed by atoms with Crippen LogP contribution < -0.4 is 4.72 Å². The molecule has 0 amide bonds. The summed E-state index contributed by atoms with van der Waals surface area (Å²) in [5.41, 5.74) is 0. The SMILES string of the molecule is CSC(CO)C(C)NS(C)(=O)=O. The van der Waals surface area contributed by atoms with Gasteiger partial charge in [0.1, 0.15) is 0 Å². The molecule has 2 unspecified atom stereocenters. The number of sulfonamides is 1. The maximum atomic E-state index is 10.8. The highest BCUT2D eigenvalue weighted by atomic mass is 32.2. The molecular weight excluding hydrogens is 198 g/mol. The minimum atomic E-state index is -3.16. The third kappa shape index (κ3) is 4.97. The van der Waals surface area contributed by atoms with Crippen molar-refractivity contribution in [3.05, 3.63) is 0 Å². The van der Waals surface area contributed by atoms with Gasteiger partial charge >= 0.3 is 0 Å². The molecular formula is C6H15NO3S2. The van der Waals surface area contributed by atoms with Gasteiger partial charge in [0, 0.05) is 11.3 Å². The van der Waals surface area contributed by atoms with Crippen LogP contribution in [-0.4, -0.2) is 43.9 Å². The van der Waals surface area contributed by atoms with Crippen molar-refractivity contribution in [2.24, 2.45) is 0 Å². The van der Waals surface area contributed by atoms with Gasteiger partial charge in [-0.3, -0.25) is 0 Å². The highest BCUT2D eigenvalue weighted by Gasteiger charge is 2.17. The fourth-order valence-electron chi connectivity index (χ4n) is 0.850. The summed E-state index contributed by atoms with van der Waals surface area (Å²) in [7, 11) is -3.16. The van der Waals surface area contributed by atoms with Crippen molar-refractivity contribution in [3.63, 3.8) is 0 Å². The summed E-state index contributed by atoms with van der Waals surface area (Å²) < 4.78 is 24.0. The molecule has 74 valence electrons. The van der Waals surface area contributed by atoms with Gasteiger partial charge in [0.15, 0.2) is 0 Å². The molecule has 0 rings (SSSR count). The van der Waals surface area contributed by atoms with Crippen molar-refractivity contribution in [3.8, 4) is 0 Å². The molecule has 2 N–H and O–H groups in total. The molecule has 0 saturated carbocycles. The van der Waals surface area contributed by atoms with Crippen molar-refractivity contribution in [2.45, 2.75) is 18.2 Å². The number of hydrogen-bond acceptors (Lipinski definition) is 4. The van der Waals surface area contributed by atoms with Gasteiger partial charge in [-0.15, -0.1) is 0 Å². The largest absolute Gasteiger partial charge is 0.395 e. The smallest absolute Gasteiger partial charge is 0.208 e. The fourth-order valence-corrected chi connectivity index (χ4v) is 2.40. The molecule has 0 aromatic rings. The van der Waals surface area contributed by atoms with E-state index in [1.165, 1.54) is 11.8 Å². The Kier molecular flexibility index (Phi) is 5.15. The standard InChI is InChI=1S/C6H15NO3S2/c1-5(6(4-8)11-2)7-12(3,9)10/h5-8H,4H2,1-3H3. The highest BCUT2D eigenvalue weighted by Crippen LogP contribution is 2.10. The van der Waals surface area contributed by atoms with Crippen molar-refractivity contribution in [1.29, 1.82) is 0 Å². The Labute approximate surface area is 77.8 Å². The Morgan fingerprint density at radius 1 is 1.58 bits per heavy atom. The Morgan fingerprint density at radius 2 is 2.08 bits per heavy atom. The van der Waals surface area contributed by atoms with Crippen LogP contribution in [0.15, 0.2) is 0 Å². The lowest BCUT2D eigenvalue weighted by atomic mass is 10.3. The predicted octanol–water partition coefficient (Wildman–Crippen LogP) is -0.352. The van der Waals surface area contributed by atoms with E-state index in [1.807, 2.05) is 6.26 Å². The zero-order valence-electron chi connectivity index (χ0n) is 7.44. The lowest BCUT2D eigenvalue weighted by Crippen LogP contribution is -2.40. The van der Waals surface area contributed by atoms with Gasteiger partial charge in [-0.25, -0.2) is 13.1 Å². The molecule has 6 heteroatoms. The summed E-state index contributed by atoms with van der Waals surface area (Å²) in [4.78, 5) is 0. The van der Waals surface area contributed by atoms with Gasteiger partial charge in [0.2, 0.25) is 10.0 Å². The summed E-state index contributed by atoms with van der Waals surface area (Å²) in [5.74, 6) is 0. The van der Waals surface area contributed by atoms with Crippen LogP contribution in [0.4, 0.5) is 0 Å². The first kappa shape index (κ1) is 12.2. The van der Waals surface area contributed by atoms with E-state index < -0.39 is 10.0 Å². The van der Waals surface area contributed by atoms with Crippen molar-refractivity contribution in [1.82, 2.24) is 4.72 Å². The number of rotatable bonds is 5. The molecule has 2 atom stereocenters. The Hall–Kier alpha value is 0.220. The van der Waals surface area contributed by atoms with E-state index in [4.69, 9.17) is 5.11 Å². The molecule has 0 aliphatic rings. The van der Waals surface area contributed by atoms with E-state index in [0.717, 1.165) is 6.26 Å². The van der Waals surface area contributed by atoms with Crippen molar-refractivity contribution in [2.75, 3.05) is 19.1 Å². The first-order chi connectivity index (χ1) is 5.40. The maximum Gasteiger partial charge on any atom is 0.208 e. The number of thioether (sulfide) groups is 1. The number of nitrogens with one attached hydrogen (secondary N) is 1. The second-order valence-electron chi connectivity index (χ2n) is 2.64. The molecule has 0 aromatic heterocycles. The van der Waals surface area contributed by atoms with Crippen LogP contribution in [0.1, 0.15) is 6.92 Å². The van der Waals surface area contributed by atoms with E-state index in [2.05, 4.69) is 4.72 Å². The molecule has 0 heterocycles. The second-order valence-corrected chi connectivity index (χ2v) is 5.49. The number of aliphatic hydroxyl groups is 1. The average Bonchev–Trinajstić information content (AvgIpc) is 1.85. The van der Waals surface area contributed by atoms with Gasteiger partial charge in [-0.2, -0.15) is 11.8 Å². The maximum absolute atomic E-state index is 10.8. The van der Waals surface area contributed by atoms with Gasteiger partial charge in [0.25, 0.3) is 0 Å². The van der Waals surface area contributed by atoms with Crippen LogP contribution in [0.25, 0.3) is 0 Å². The molecule has 0 radical (unpaired) electrons. The van der Waals surface area contributed by atoms with Gasteiger partial charge in [0.05, 0.1) is 12.9 Å². The Balaban J connectivity index is 4.10. The second kappa shape index (κ2) is 5.06. The molecule has 12 heavy (non-hydrogen) atoms. The van der Waals surface area contributed by atoms with E-state index in [9.17, 15) is 8.42 Å². The van der Waals surface area contributed by atoms with Crippen LogP contribution in [0.2, 0.25) is 0 Å². The summed E-state index contributed by atoms with van der Waals surface area (Å²) in [5, 5.41) is 8.75. The predicted molar refractivity (Wildman–Crippen MR) is 51.8 cm³/mol. The summed E-state index contributed by atoms with van der Waals surface area (Å²) in [6.45, 7) is 1.71. The molecule has 0 bridgehead atoms. The van der Waals surface area contributed by atoms with E-state index in [1.54, 1.807) is 6.92 Å². The lowest BCUT2D eigenvalue weighted by Gasteiger charge is -2.19. The lowest BCUT2D eigenvalue weighted by molar-refractivity contribution is 0.282. The van der Waals surface area contributed by atoms with Crippen LogP contribution in [0.3, 0.4) is 0 Å². The monoisotopic (exact) mass is 213 g/mol. The first-order valence-corrected chi connectivity index (χ1v) is 6.69. The molecule has 0 spiro atoms. The quantitative estimate of drug-likeness (QED) is 0.655. The highest BCUT2D eigenvalue weighted by molar-refractivity contribution is 7.99. The van der Waals surface area contributed by atoms with E-state index >= 15 is 0 Å². The number of hydrogen-bond donors (Lipinski definition) is 2.